The Hall–Kier alpha value is -2.09. The van der Waals surface area contributed by atoms with Crippen LogP contribution in [-0.2, 0) is 4.79 Å². The zero-order chi connectivity index (χ0) is 12.1. The van der Waals surface area contributed by atoms with Crippen LogP contribution in [0.3, 0.4) is 0 Å². The molecule has 0 aliphatic rings. The van der Waals surface area contributed by atoms with E-state index in [1.807, 2.05) is 0 Å². The minimum atomic E-state index is -0.593. The van der Waals surface area contributed by atoms with Gasteiger partial charge in [0, 0.05) is 14.1 Å². The number of nitrogens with one attached hydrogen (secondary N) is 1. The Bertz CT molecular complexity index is 437. The summed E-state index contributed by atoms with van der Waals surface area (Å²) in [6, 6.07) is 6.01. The first-order valence-corrected chi connectivity index (χ1v) is 4.69. The number of hydrogen-bond donors (Lipinski definition) is 1. The van der Waals surface area contributed by atoms with E-state index in [1.165, 1.54) is 17.0 Å². The molecule has 0 spiro atoms. The molecule has 16 heavy (non-hydrogen) atoms. The van der Waals surface area contributed by atoms with Gasteiger partial charge in [-0.2, -0.15) is 5.26 Å². The highest BCUT2D eigenvalue weighted by molar-refractivity contribution is 5.80. The third-order valence-electron chi connectivity index (χ3n) is 2.05. The van der Waals surface area contributed by atoms with Crippen molar-refractivity contribution in [3.63, 3.8) is 0 Å². The average Bonchev–Trinajstić information content (AvgIpc) is 2.25. The number of nitriles is 1. The number of rotatable bonds is 3. The largest absolute Gasteiger partial charge is 0.375 e. The van der Waals surface area contributed by atoms with Gasteiger partial charge >= 0.3 is 0 Å². The summed E-state index contributed by atoms with van der Waals surface area (Å²) >= 11 is 0. The minimum Gasteiger partial charge on any atom is -0.375 e. The van der Waals surface area contributed by atoms with Crippen molar-refractivity contribution in [3.8, 4) is 6.07 Å². The standard InChI is InChI=1S/C11H12FN3O/c1-15(2)11(16)7-14-10-5-3-4-9(12)8(10)6-13/h3-5,14H,7H2,1-2H3. The second-order valence-electron chi connectivity index (χ2n) is 3.42. The Morgan fingerprint density at radius 2 is 2.25 bits per heavy atom. The van der Waals surface area contributed by atoms with E-state index >= 15 is 0 Å². The summed E-state index contributed by atoms with van der Waals surface area (Å²) in [5, 5.41) is 11.5. The first-order chi connectivity index (χ1) is 7.56. The molecule has 1 aromatic carbocycles. The summed E-state index contributed by atoms with van der Waals surface area (Å²) < 4.78 is 13.2. The molecule has 4 nitrogen and oxygen atoms in total. The lowest BCUT2D eigenvalue weighted by atomic mass is 10.2. The highest BCUT2D eigenvalue weighted by atomic mass is 19.1. The fraction of sp³-hybridized carbons (Fsp3) is 0.273. The summed E-state index contributed by atoms with van der Waals surface area (Å²) in [4.78, 5) is 12.7. The van der Waals surface area contributed by atoms with E-state index < -0.39 is 5.82 Å². The molecule has 0 atom stereocenters. The highest BCUT2D eigenvalue weighted by Crippen LogP contribution is 2.17. The zero-order valence-electron chi connectivity index (χ0n) is 9.12. The molecule has 0 fully saturated rings. The minimum absolute atomic E-state index is 0.0329. The molecule has 0 aliphatic heterocycles. The first-order valence-electron chi connectivity index (χ1n) is 4.69. The number of carbonyl (C=O) groups is 1. The Morgan fingerprint density at radius 3 is 2.81 bits per heavy atom. The van der Waals surface area contributed by atoms with Crippen LogP contribution in [0.4, 0.5) is 10.1 Å². The van der Waals surface area contributed by atoms with E-state index in [9.17, 15) is 9.18 Å². The number of nitrogens with zero attached hydrogens (tertiary/aromatic N) is 2. The number of halogens is 1. The van der Waals surface area contributed by atoms with E-state index in [0.717, 1.165) is 0 Å². The molecule has 0 saturated heterocycles. The van der Waals surface area contributed by atoms with Crippen molar-refractivity contribution < 1.29 is 9.18 Å². The van der Waals surface area contributed by atoms with E-state index in [2.05, 4.69) is 5.32 Å². The Labute approximate surface area is 93.3 Å². The van der Waals surface area contributed by atoms with Crippen LogP contribution in [0.25, 0.3) is 0 Å². The molecule has 0 bridgehead atoms. The van der Waals surface area contributed by atoms with Crippen molar-refractivity contribution in [1.29, 1.82) is 5.26 Å². The van der Waals surface area contributed by atoms with Crippen LogP contribution in [0, 0.1) is 17.1 Å². The molecule has 0 unspecified atom stereocenters. The maximum Gasteiger partial charge on any atom is 0.241 e. The van der Waals surface area contributed by atoms with E-state index in [0.29, 0.717) is 5.69 Å². The summed E-state index contributed by atoms with van der Waals surface area (Å²) in [7, 11) is 3.25. The predicted molar refractivity (Wildman–Crippen MR) is 58.3 cm³/mol. The second-order valence-corrected chi connectivity index (χ2v) is 3.42. The van der Waals surface area contributed by atoms with Gasteiger partial charge in [0.05, 0.1) is 12.2 Å². The van der Waals surface area contributed by atoms with Crippen molar-refractivity contribution in [2.75, 3.05) is 26.0 Å². The van der Waals surface area contributed by atoms with E-state index in [4.69, 9.17) is 5.26 Å². The van der Waals surface area contributed by atoms with Gasteiger partial charge in [-0.15, -0.1) is 0 Å². The average molecular weight is 221 g/mol. The fourth-order valence-electron chi connectivity index (χ4n) is 1.11. The van der Waals surface area contributed by atoms with Gasteiger partial charge in [-0.1, -0.05) is 6.07 Å². The SMILES string of the molecule is CN(C)C(=O)CNc1cccc(F)c1C#N. The normalized spacial score (nSPS) is 9.38. The lowest BCUT2D eigenvalue weighted by molar-refractivity contribution is -0.126. The third kappa shape index (κ3) is 2.70. The van der Waals surface area contributed by atoms with Gasteiger partial charge < -0.3 is 10.2 Å². The van der Waals surface area contributed by atoms with Crippen molar-refractivity contribution in [2.45, 2.75) is 0 Å². The van der Waals surface area contributed by atoms with Gasteiger partial charge in [0.25, 0.3) is 0 Å². The van der Waals surface area contributed by atoms with Crippen LogP contribution in [0.15, 0.2) is 18.2 Å². The summed E-state index contributed by atoms with van der Waals surface area (Å²) in [6.45, 7) is 0.0329. The van der Waals surface area contributed by atoms with Gasteiger partial charge in [0.1, 0.15) is 17.4 Å². The van der Waals surface area contributed by atoms with Crippen LogP contribution < -0.4 is 5.32 Å². The first kappa shape index (κ1) is 12.0. The van der Waals surface area contributed by atoms with Gasteiger partial charge in [0.2, 0.25) is 5.91 Å². The van der Waals surface area contributed by atoms with Crippen molar-refractivity contribution in [1.82, 2.24) is 4.90 Å². The molecule has 0 saturated carbocycles. The molecule has 1 aromatic rings. The van der Waals surface area contributed by atoms with Crippen molar-refractivity contribution in [2.24, 2.45) is 0 Å². The van der Waals surface area contributed by atoms with Crippen LogP contribution in [0.2, 0.25) is 0 Å². The maximum atomic E-state index is 13.2. The Kier molecular flexibility index (Phi) is 3.84. The molecule has 0 aliphatic carbocycles. The monoisotopic (exact) mass is 221 g/mol. The number of anilines is 1. The molecular formula is C11H12FN3O. The van der Waals surface area contributed by atoms with Gasteiger partial charge in [-0.3, -0.25) is 4.79 Å². The highest BCUT2D eigenvalue weighted by Gasteiger charge is 2.09. The molecule has 0 heterocycles. The Morgan fingerprint density at radius 1 is 1.56 bits per heavy atom. The number of amides is 1. The summed E-state index contributed by atoms with van der Waals surface area (Å²) in [6.07, 6.45) is 0. The molecular weight excluding hydrogens is 209 g/mol. The molecule has 5 heteroatoms. The lowest BCUT2D eigenvalue weighted by Crippen LogP contribution is -2.28. The van der Waals surface area contributed by atoms with Crippen LogP contribution in [0.1, 0.15) is 5.56 Å². The zero-order valence-corrected chi connectivity index (χ0v) is 9.12. The maximum absolute atomic E-state index is 13.2. The number of carbonyl (C=O) groups excluding carboxylic acids is 1. The second kappa shape index (κ2) is 5.12. The molecule has 1 amide bonds. The van der Waals surface area contributed by atoms with E-state index in [1.54, 1.807) is 26.2 Å². The Balaban J connectivity index is 2.79. The van der Waals surface area contributed by atoms with Crippen LogP contribution in [-0.4, -0.2) is 31.4 Å². The molecule has 84 valence electrons. The van der Waals surface area contributed by atoms with Crippen molar-refractivity contribution >= 4 is 11.6 Å². The van der Waals surface area contributed by atoms with Gasteiger partial charge in [-0.25, -0.2) is 4.39 Å². The topological polar surface area (TPSA) is 56.1 Å². The molecule has 0 aromatic heterocycles. The van der Waals surface area contributed by atoms with E-state index in [-0.39, 0.29) is 18.0 Å². The van der Waals surface area contributed by atoms with Crippen molar-refractivity contribution in [3.05, 3.63) is 29.6 Å². The number of benzene rings is 1. The van der Waals surface area contributed by atoms with Gasteiger partial charge in [0.15, 0.2) is 0 Å². The van der Waals surface area contributed by atoms with Gasteiger partial charge in [-0.05, 0) is 12.1 Å². The summed E-state index contributed by atoms with van der Waals surface area (Å²) in [5.41, 5.74) is 0.256. The molecule has 0 radical (unpaired) electrons. The molecule has 1 N–H and O–H groups in total. The third-order valence-corrected chi connectivity index (χ3v) is 2.05. The number of hydrogen-bond acceptors (Lipinski definition) is 3. The smallest absolute Gasteiger partial charge is 0.241 e. The fourth-order valence-corrected chi connectivity index (χ4v) is 1.11. The number of likely N-dealkylation sites (N-methyl/N-ethyl adjacent to an activating group) is 1. The predicted octanol–water partition coefficient (Wildman–Crippen LogP) is 1.20. The van der Waals surface area contributed by atoms with Crippen LogP contribution >= 0.6 is 0 Å². The lowest BCUT2D eigenvalue weighted by Gasteiger charge is -2.12. The molecule has 1 rings (SSSR count). The summed E-state index contributed by atoms with van der Waals surface area (Å²) in [5.74, 6) is -0.738. The van der Waals surface area contributed by atoms with Crippen LogP contribution in [0.5, 0.6) is 0 Å². The quantitative estimate of drug-likeness (QED) is 0.834.